The number of nitrogens with one attached hydrogen (secondary N) is 3. The molecule has 23 heavy (non-hydrogen) atoms. The lowest BCUT2D eigenvalue weighted by Gasteiger charge is -2.10. The van der Waals surface area contributed by atoms with Gasteiger partial charge in [-0.05, 0) is 31.2 Å². The number of H-pyrrole nitrogens is 2. The molecule has 0 saturated heterocycles. The second-order valence-corrected chi connectivity index (χ2v) is 6.74. The maximum absolute atomic E-state index is 12.4. The molecule has 0 bridgehead atoms. The molecule has 3 rings (SSSR count). The number of hydrogen-bond donors (Lipinski definition) is 3. The van der Waals surface area contributed by atoms with Crippen LogP contribution in [0.2, 0.25) is 0 Å². The van der Waals surface area contributed by atoms with Crippen molar-refractivity contribution in [1.82, 2.24) is 10.2 Å². The predicted octanol–water partition coefficient (Wildman–Crippen LogP) is 1.33. The Bertz CT molecular complexity index is 1100. The molecule has 0 spiro atoms. The van der Waals surface area contributed by atoms with Gasteiger partial charge in [0.2, 0.25) is 0 Å². The van der Waals surface area contributed by atoms with E-state index in [1.54, 1.807) is 12.1 Å². The van der Waals surface area contributed by atoms with Crippen molar-refractivity contribution in [2.24, 2.45) is 0 Å². The minimum atomic E-state index is -3.87. The summed E-state index contributed by atoms with van der Waals surface area (Å²) in [4.78, 5) is 23.8. The first kappa shape index (κ1) is 15.0. The standard InChI is InChI=1S/C15H13N3O4S/c1-9-5-7-10(8-6-9)23(21,22)18-12-4-2-3-11-13(12)15(20)17-16-14(11)19/h2-8,18H,1H3,(H,16,19)(H,17,20). The van der Waals surface area contributed by atoms with Crippen LogP contribution in [0.5, 0.6) is 0 Å². The van der Waals surface area contributed by atoms with E-state index in [4.69, 9.17) is 0 Å². The lowest BCUT2D eigenvalue weighted by molar-refractivity contribution is 0.601. The van der Waals surface area contributed by atoms with Gasteiger partial charge in [0.15, 0.2) is 0 Å². The monoisotopic (exact) mass is 331 g/mol. The van der Waals surface area contributed by atoms with E-state index in [-0.39, 0.29) is 21.4 Å². The van der Waals surface area contributed by atoms with Gasteiger partial charge in [-0.1, -0.05) is 23.8 Å². The highest BCUT2D eigenvalue weighted by atomic mass is 32.2. The smallest absolute Gasteiger partial charge is 0.272 e. The van der Waals surface area contributed by atoms with Gasteiger partial charge in [0.1, 0.15) is 0 Å². The molecule has 7 nitrogen and oxygen atoms in total. The van der Waals surface area contributed by atoms with E-state index >= 15 is 0 Å². The molecule has 3 aromatic rings. The van der Waals surface area contributed by atoms with Gasteiger partial charge in [0.05, 0.1) is 21.4 Å². The molecule has 2 aromatic carbocycles. The average molecular weight is 331 g/mol. The van der Waals surface area contributed by atoms with Crippen molar-refractivity contribution < 1.29 is 8.42 Å². The van der Waals surface area contributed by atoms with Crippen molar-refractivity contribution in [3.8, 4) is 0 Å². The Morgan fingerprint density at radius 2 is 1.57 bits per heavy atom. The highest BCUT2D eigenvalue weighted by Gasteiger charge is 2.17. The fourth-order valence-electron chi connectivity index (χ4n) is 2.24. The molecular weight excluding hydrogens is 318 g/mol. The van der Waals surface area contributed by atoms with E-state index in [9.17, 15) is 18.0 Å². The zero-order valence-electron chi connectivity index (χ0n) is 12.1. The Balaban J connectivity index is 2.15. The highest BCUT2D eigenvalue weighted by Crippen LogP contribution is 2.21. The molecule has 0 radical (unpaired) electrons. The number of rotatable bonds is 3. The van der Waals surface area contributed by atoms with E-state index < -0.39 is 21.1 Å². The van der Waals surface area contributed by atoms with Crippen LogP contribution in [-0.4, -0.2) is 18.6 Å². The van der Waals surface area contributed by atoms with Gasteiger partial charge in [-0.3, -0.25) is 24.5 Å². The van der Waals surface area contributed by atoms with Crippen LogP contribution in [0.1, 0.15) is 5.56 Å². The molecule has 1 aromatic heterocycles. The van der Waals surface area contributed by atoms with Crippen LogP contribution in [-0.2, 0) is 10.0 Å². The lowest BCUT2D eigenvalue weighted by Crippen LogP contribution is -2.21. The van der Waals surface area contributed by atoms with Gasteiger partial charge >= 0.3 is 0 Å². The number of fused-ring (bicyclic) bond motifs is 1. The molecule has 0 aliphatic carbocycles. The maximum Gasteiger partial charge on any atom is 0.272 e. The Morgan fingerprint density at radius 1 is 0.913 bits per heavy atom. The van der Waals surface area contributed by atoms with E-state index in [0.29, 0.717) is 0 Å². The van der Waals surface area contributed by atoms with Gasteiger partial charge in [-0.25, -0.2) is 8.42 Å². The molecule has 8 heteroatoms. The SMILES string of the molecule is Cc1ccc(S(=O)(=O)Nc2cccc3c(=O)[nH][nH]c(=O)c23)cc1. The van der Waals surface area contributed by atoms with Gasteiger partial charge < -0.3 is 0 Å². The summed E-state index contributed by atoms with van der Waals surface area (Å²) < 4.78 is 27.3. The molecule has 0 unspecified atom stereocenters. The van der Waals surface area contributed by atoms with Crippen LogP contribution in [0.25, 0.3) is 10.8 Å². The molecule has 118 valence electrons. The number of sulfonamides is 1. The van der Waals surface area contributed by atoms with Crippen molar-refractivity contribution >= 4 is 26.5 Å². The number of aromatic amines is 2. The Labute approximate surface area is 131 Å². The number of benzene rings is 2. The van der Waals surface area contributed by atoms with Crippen LogP contribution in [0.4, 0.5) is 5.69 Å². The number of aryl methyl sites for hydroxylation is 1. The van der Waals surface area contributed by atoms with E-state index in [1.807, 2.05) is 6.92 Å². The van der Waals surface area contributed by atoms with Crippen LogP contribution < -0.4 is 15.8 Å². The third-order valence-corrected chi connectivity index (χ3v) is 4.78. The molecule has 0 amide bonds. The first-order chi connectivity index (χ1) is 10.9. The maximum atomic E-state index is 12.4. The lowest BCUT2D eigenvalue weighted by atomic mass is 10.2. The predicted molar refractivity (Wildman–Crippen MR) is 87.2 cm³/mol. The zero-order valence-corrected chi connectivity index (χ0v) is 12.9. The van der Waals surface area contributed by atoms with Crippen molar-refractivity contribution in [3.63, 3.8) is 0 Å². The third kappa shape index (κ3) is 2.76. The number of aromatic nitrogens is 2. The fourth-order valence-corrected chi connectivity index (χ4v) is 3.31. The normalized spacial score (nSPS) is 11.5. The van der Waals surface area contributed by atoms with Crippen LogP contribution in [0, 0.1) is 6.92 Å². The first-order valence-corrected chi connectivity index (χ1v) is 8.20. The summed E-state index contributed by atoms with van der Waals surface area (Å²) in [6.45, 7) is 1.85. The zero-order chi connectivity index (χ0) is 16.6. The molecule has 3 N–H and O–H groups in total. The second-order valence-electron chi connectivity index (χ2n) is 5.05. The Morgan fingerprint density at radius 3 is 2.26 bits per heavy atom. The van der Waals surface area contributed by atoms with Crippen molar-refractivity contribution in [2.75, 3.05) is 4.72 Å². The summed E-state index contributed by atoms with van der Waals surface area (Å²) in [5, 5.41) is 4.49. The fraction of sp³-hybridized carbons (Fsp3) is 0.0667. The molecular formula is C15H13N3O4S. The minimum absolute atomic E-state index is 0.00747. The van der Waals surface area contributed by atoms with Gasteiger partial charge in [0, 0.05) is 0 Å². The average Bonchev–Trinajstić information content (AvgIpc) is 2.51. The van der Waals surface area contributed by atoms with Crippen molar-refractivity contribution in [3.05, 3.63) is 68.7 Å². The van der Waals surface area contributed by atoms with Gasteiger partial charge in [0.25, 0.3) is 21.1 Å². The summed E-state index contributed by atoms with van der Waals surface area (Å²) in [6.07, 6.45) is 0. The minimum Gasteiger partial charge on any atom is -0.279 e. The second kappa shape index (κ2) is 5.40. The topological polar surface area (TPSA) is 112 Å². The Kier molecular flexibility index (Phi) is 3.53. The summed E-state index contributed by atoms with van der Waals surface area (Å²) in [6, 6.07) is 10.7. The van der Waals surface area contributed by atoms with Crippen molar-refractivity contribution in [2.45, 2.75) is 11.8 Å². The van der Waals surface area contributed by atoms with E-state index in [2.05, 4.69) is 14.9 Å². The van der Waals surface area contributed by atoms with Crippen molar-refractivity contribution in [1.29, 1.82) is 0 Å². The summed E-state index contributed by atoms with van der Waals surface area (Å²) in [5.41, 5.74) is -0.106. The summed E-state index contributed by atoms with van der Waals surface area (Å²) in [7, 11) is -3.87. The molecule has 0 saturated carbocycles. The molecule has 0 aliphatic rings. The molecule has 0 fully saturated rings. The molecule has 0 atom stereocenters. The van der Waals surface area contributed by atoms with E-state index in [0.717, 1.165) is 5.56 Å². The number of hydrogen-bond acceptors (Lipinski definition) is 4. The van der Waals surface area contributed by atoms with Crippen LogP contribution in [0.3, 0.4) is 0 Å². The first-order valence-electron chi connectivity index (χ1n) is 6.72. The molecule has 1 heterocycles. The quantitative estimate of drug-likeness (QED) is 0.672. The summed E-state index contributed by atoms with van der Waals surface area (Å²) in [5.74, 6) is 0. The summed E-state index contributed by atoms with van der Waals surface area (Å²) >= 11 is 0. The van der Waals surface area contributed by atoms with Crippen LogP contribution >= 0.6 is 0 Å². The van der Waals surface area contributed by atoms with Gasteiger partial charge in [-0.15, -0.1) is 0 Å². The van der Waals surface area contributed by atoms with E-state index in [1.165, 1.54) is 30.3 Å². The van der Waals surface area contributed by atoms with Crippen LogP contribution in [0.15, 0.2) is 56.9 Å². The Hall–Kier alpha value is -2.87. The van der Waals surface area contributed by atoms with Gasteiger partial charge in [-0.2, -0.15) is 0 Å². The highest BCUT2D eigenvalue weighted by molar-refractivity contribution is 7.92. The number of anilines is 1. The largest absolute Gasteiger partial charge is 0.279 e. The third-order valence-electron chi connectivity index (χ3n) is 3.40. The molecule has 0 aliphatic heterocycles.